The molecule has 5 nitrogen and oxygen atoms in total. The summed E-state index contributed by atoms with van der Waals surface area (Å²) in [7, 11) is 0. The number of fused-ring (bicyclic) bond motifs is 1. The number of alkyl halides is 2. The number of nitrogens with one attached hydrogen (secondary N) is 1. The van der Waals surface area contributed by atoms with Crippen molar-refractivity contribution in [1.29, 1.82) is 0 Å². The number of hydrogen-bond acceptors (Lipinski definition) is 3. The fraction of sp³-hybridized carbons (Fsp3) is 0.471. The van der Waals surface area contributed by atoms with Gasteiger partial charge in [-0.05, 0) is 44.4 Å². The molecule has 0 radical (unpaired) electrons. The van der Waals surface area contributed by atoms with E-state index in [9.17, 15) is 18.7 Å². The number of hydrogen-bond donors (Lipinski definition) is 2. The first-order chi connectivity index (χ1) is 11.5. The fourth-order valence-corrected chi connectivity index (χ4v) is 3.34. The maximum absolute atomic E-state index is 12.8. The Bertz CT molecular complexity index is 730. The van der Waals surface area contributed by atoms with Gasteiger partial charge in [0.15, 0.2) is 0 Å². The first-order valence-corrected chi connectivity index (χ1v) is 8.01. The molecule has 130 valence electrons. The minimum Gasteiger partial charge on any atom is -0.434 e. The second-order valence-electron chi connectivity index (χ2n) is 6.16. The van der Waals surface area contributed by atoms with Gasteiger partial charge in [-0.3, -0.25) is 4.79 Å². The zero-order valence-corrected chi connectivity index (χ0v) is 13.3. The third-order valence-corrected chi connectivity index (χ3v) is 4.32. The highest BCUT2D eigenvalue weighted by Gasteiger charge is 2.31. The van der Waals surface area contributed by atoms with Crippen molar-refractivity contribution in [1.82, 2.24) is 9.88 Å². The van der Waals surface area contributed by atoms with E-state index >= 15 is 0 Å². The molecule has 2 aromatic rings. The number of carbonyl (C=O) groups is 1. The van der Waals surface area contributed by atoms with E-state index in [2.05, 4.69) is 9.72 Å². The maximum Gasteiger partial charge on any atom is 0.387 e. The smallest absolute Gasteiger partial charge is 0.387 e. The molecule has 1 aliphatic heterocycles. The quantitative estimate of drug-likeness (QED) is 0.880. The van der Waals surface area contributed by atoms with Gasteiger partial charge in [0.05, 0.1) is 6.10 Å². The number of benzene rings is 1. The molecule has 1 aromatic heterocycles. The minimum atomic E-state index is -2.92. The summed E-state index contributed by atoms with van der Waals surface area (Å²) in [5.74, 6) is -0.142. The van der Waals surface area contributed by atoms with Crippen LogP contribution in [0.5, 0.6) is 5.75 Å². The zero-order chi connectivity index (χ0) is 17.3. The number of rotatable bonds is 5. The number of likely N-dealkylation sites (tertiary alicyclic amines) is 1. The number of aromatic amines is 1. The largest absolute Gasteiger partial charge is 0.434 e. The lowest BCUT2D eigenvalue weighted by molar-refractivity contribution is -0.0487. The first kappa shape index (κ1) is 16.7. The molecule has 1 aromatic carbocycles. The fourth-order valence-electron chi connectivity index (χ4n) is 3.34. The predicted molar refractivity (Wildman–Crippen MR) is 85.3 cm³/mol. The van der Waals surface area contributed by atoms with Crippen LogP contribution < -0.4 is 4.74 Å². The molecule has 1 fully saturated rings. The van der Waals surface area contributed by atoms with Gasteiger partial charge in [0.1, 0.15) is 11.4 Å². The predicted octanol–water partition coefficient (Wildman–Crippen LogP) is 3.14. The Morgan fingerprint density at radius 3 is 3.00 bits per heavy atom. The molecule has 1 amide bonds. The number of halogens is 2. The summed E-state index contributed by atoms with van der Waals surface area (Å²) in [5, 5.41) is 10.0. The van der Waals surface area contributed by atoms with Crippen molar-refractivity contribution in [2.75, 3.05) is 6.54 Å². The van der Waals surface area contributed by atoms with Crippen LogP contribution in [0.3, 0.4) is 0 Å². The van der Waals surface area contributed by atoms with Crippen LogP contribution in [-0.4, -0.2) is 46.2 Å². The lowest BCUT2D eigenvalue weighted by Gasteiger charge is -2.25. The molecule has 2 N–H and O–H groups in total. The number of ether oxygens (including phenoxy) is 1. The molecule has 2 heterocycles. The van der Waals surface area contributed by atoms with Crippen molar-refractivity contribution >= 4 is 16.8 Å². The van der Waals surface area contributed by atoms with E-state index in [1.807, 2.05) is 0 Å². The van der Waals surface area contributed by atoms with Gasteiger partial charge in [-0.15, -0.1) is 0 Å². The molecule has 7 heteroatoms. The maximum atomic E-state index is 12.8. The third kappa shape index (κ3) is 3.36. The van der Waals surface area contributed by atoms with Crippen LogP contribution in [-0.2, 0) is 0 Å². The van der Waals surface area contributed by atoms with Gasteiger partial charge in [-0.2, -0.15) is 8.78 Å². The Hall–Kier alpha value is -2.15. The van der Waals surface area contributed by atoms with Gasteiger partial charge < -0.3 is 19.7 Å². The van der Waals surface area contributed by atoms with E-state index in [1.54, 1.807) is 30.0 Å². The van der Waals surface area contributed by atoms with Crippen LogP contribution in [0.15, 0.2) is 24.3 Å². The number of carbonyl (C=O) groups excluding carboxylic acids is 1. The van der Waals surface area contributed by atoms with E-state index < -0.39 is 12.7 Å². The SMILES string of the molecule is CC(O)CC1CCCN1C(=O)c1cc2c(OC(F)F)cccc2[nH]1. The number of nitrogens with zero attached hydrogens (tertiary/aromatic N) is 1. The summed E-state index contributed by atoms with van der Waals surface area (Å²) >= 11 is 0. The Morgan fingerprint density at radius 2 is 2.29 bits per heavy atom. The Morgan fingerprint density at radius 1 is 1.50 bits per heavy atom. The number of amides is 1. The number of aliphatic hydroxyl groups excluding tert-OH is 1. The van der Waals surface area contributed by atoms with Gasteiger partial charge in [-0.25, -0.2) is 0 Å². The highest BCUT2D eigenvalue weighted by Crippen LogP contribution is 2.30. The normalized spacial score (nSPS) is 19.2. The van der Waals surface area contributed by atoms with Crippen LogP contribution in [0.1, 0.15) is 36.7 Å². The molecule has 1 aliphatic rings. The lowest BCUT2D eigenvalue weighted by atomic mass is 10.1. The Balaban J connectivity index is 1.87. The molecule has 0 aliphatic carbocycles. The second kappa shape index (κ2) is 6.76. The first-order valence-electron chi connectivity index (χ1n) is 8.01. The summed E-state index contributed by atoms with van der Waals surface area (Å²) < 4.78 is 29.5. The van der Waals surface area contributed by atoms with Gasteiger partial charge in [0.25, 0.3) is 5.91 Å². The third-order valence-electron chi connectivity index (χ3n) is 4.32. The topological polar surface area (TPSA) is 65.6 Å². The molecular weight excluding hydrogens is 318 g/mol. The lowest BCUT2D eigenvalue weighted by Crippen LogP contribution is -2.37. The van der Waals surface area contributed by atoms with Gasteiger partial charge in [0, 0.05) is 23.5 Å². The number of aromatic nitrogens is 1. The zero-order valence-electron chi connectivity index (χ0n) is 13.3. The summed E-state index contributed by atoms with van der Waals surface area (Å²) in [5.41, 5.74) is 0.913. The van der Waals surface area contributed by atoms with Crippen LogP contribution in [0, 0.1) is 0 Å². The summed E-state index contributed by atoms with van der Waals surface area (Å²) in [4.78, 5) is 17.5. The second-order valence-corrected chi connectivity index (χ2v) is 6.16. The minimum absolute atomic E-state index is 0.000645. The van der Waals surface area contributed by atoms with Crippen molar-refractivity contribution in [3.8, 4) is 5.75 Å². The van der Waals surface area contributed by atoms with Crippen molar-refractivity contribution in [2.45, 2.75) is 44.9 Å². The Labute approximate surface area is 138 Å². The molecule has 24 heavy (non-hydrogen) atoms. The summed E-state index contributed by atoms with van der Waals surface area (Å²) in [6.45, 7) is -0.581. The van der Waals surface area contributed by atoms with Crippen LogP contribution in [0.25, 0.3) is 10.9 Å². The van der Waals surface area contributed by atoms with Crippen molar-refractivity contribution < 1.29 is 23.4 Å². The molecule has 0 spiro atoms. The van der Waals surface area contributed by atoms with E-state index in [1.165, 1.54) is 6.07 Å². The average Bonchev–Trinajstić information content (AvgIpc) is 3.12. The molecule has 3 rings (SSSR count). The molecule has 2 unspecified atom stereocenters. The highest BCUT2D eigenvalue weighted by atomic mass is 19.3. The van der Waals surface area contributed by atoms with Crippen molar-refractivity contribution in [2.24, 2.45) is 0 Å². The number of aliphatic hydroxyl groups is 1. The molecular formula is C17H20F2N2O3. The summed E-state index contributed by atoms with van der Waals surface area (Å²) in [6, 6.07) is 6.30. The molecule has 0 saturated carbocycles. The highest BCUT2D eigenvalue weighted by molar-refractivity contribution is 5.99. The van der Waals surface area contributed by atoms with Crippen LogP contribution >= 0.6 is 0 Å². The molecule has 0 bridgehead atoms. The average molecular weight is 338 g/mol. The van der Waals surface area contributed by atoms with E-state index in [0.29, 0.717) is 29.6 Å². The Kier molecular flexibility index (Phi) is 4.71. The van der Waals surface area contributed by atoms with Gasteiger partial charge >= 0.3 is 6.61 Å². The standard InChI is InChI=1S/C17H20F2N2O3/c1-10(22)8-11-4-3-7-21(11)16(23)14-9-12-13(20-14)5-2-6-15(12)24-17(18)19/h2,5-6,9-11,17,20,22H,3-4,7-8H2,1H3. The van der Waals surface area contributed by atoms with E-state index in [0.717, 1.165) is 12.8 Å². The van der Waals surface area contributed by atoms with E-state index in [4.69, 9.17) is 0 Å². The molecule has 2 atom stereocenters. The van der Waals surface area contributed by atoms with Crippen LogP contribution in [0.2, 0.25) is 0 Å². The van der Waals surface area contributed by atoms with Crippen molar-refractivity contribution in [3.63, 3.8) is 0 Å². The van der Waals surface area contributed by atoms with E-state index in [-0.39, 0.29) is 17.7 Å². The monoisotopic (exact) mass is 338 g/mol. The van der Waals surface area contributed by atoms with Crippen molar-refractivity contribution in [3.05, 3.63) is 30.0 Å². The van der Waals surface area contributed by atoms with Gasteiger partial charge in [-0.1, -0.05) is 6.07 Å². The molecule has 1 saturated heterocycles. The van der Waals surface area contributed by atoms with Crippen LogP contribution in [0.4, 0.5) is 8.78 Å². The number of H-pyrrole nitrogens is 1. The van der Waals surface area contributed by atoms with Gasteiger partial charge in [0.2, 0.25) is 0 Å². The summed E-state index contributed by atoms with van der Waals surface area (Å²) in [6.07, 6.45) is 1.81.